The number of aliphatic hydroxyl groups is 1. The van der Waals surface area contributed by atoms with Gasteiger partial charge in [-0.25, -0.2) is 0 Å². The zero-order chi connectivity index (χ0) is 19.2. The fourth-order valence-corrected chi connectivity index (χ4v) is 8.41. The smallest absolute Gasteiger partial charge is 0.133 e. The zero-order valence-electron chi connectivity index (χ0n) is 17.5. The van der Waals surface area contributed by atoms with Crippen LogP contribution in [-0.4, -0.2) is 24.1 Å². The Bertz CT molecular complexity index is 598. The summed E-state index contributed by atoms with van der Waals surface area (Å²) in [5.74, 6) is 3.60. The van der Waals surface area contributed by atoms with Crippen LogP contribution < -0.4 is 0 Å². The highest BCUT2D eigenvalue weighted by atomic mass is 16.5. The monoisotopic (exact) mass is 374 g/mol. The Morgan fingerprint density at radius 1 is 1.11 bits per heavy atom. The maximum absolute atomic E-state index is 12.5. The molecule has 0 amide bonds. The Morgan fingerprint density at radius 3 is 2.67 bits per heavy atom. The molecule has 0 aromatic rings. The Balaban J connectivity index is 1.63. The van der Waals surface area contributed by atoms with Crippen molar-refractivity contribution in [3.8, 4) is 0 Å². The van der Waals surface area contributed by atoms with Crippen LogP contribution >= 0.6 is 0 Å². The summed E-state index contributed by atoms with van der Waals surface area (Å²) in [5, 5.41) is 10.2. The number of carbonyl (C=O) groups excluding carboxylic acids is 1. The van der Waals surface area contributed by atoms with E-state index in [2.05, 4.69) is 13.0 Å². The van der Waals surface area contributed by atoms with Gasteiger partial charge in [-0.3, -0.25) is 4.79 Å². The minimum atomic E-state index is -0.0740. The summed E-state index contributed by atoms with van der Waals surface area (Å²) in [4.78, 5) is 12.5. The molecule has 3 heteroatoms. The van der Waals surface area contributed by atoms with Gasteiger partial charge in [0.2, 0.25) is 0 Å². The van der Waals surface area contributed by atoms with Crippen molar-refractivity contribution in [3.05, 3.63) is 12.3 Å². The molecule has 6 unspecified atom stereocenters. The number of hydrogen-bond acceptors (Lipinski definition) is 3. The van der Waals surface area contributed by atoms with Crippen LogP contribution in [0.25, 0.3) is 0 Å². The second kappa shape index (κ2) is 7.21. The molecule has 0 aliphatic heterocycles. The number of fused-ring (bicyclic) bond motifs is 5. The van der Waals surface area contributed by atoms with E-state index in [1.165, 1.54) is 38.5 Å². The van der Waals surface area contributed by atoms with E-state index >= 15 is 0 Å². The van der Waals surface area contributed by atoms with Crippen LogP contribution in [0.3, 0.4) is 0 Å². The number of rotatable bonds is 4. The highest BCUT2D eigenvalue weighted by Gasteiger charge is 2.61. The van der Waals surface area contributed by atoms with Gasteiger partial charge in [-0.15, -0.1) is 0 Å². The van der Waals surface area contributed by atoms with Gasteiger partial charge in [-0.2, -0.15) is 0 Å². The van der Waals surface area contributed by atoms with E-state index in [0.717, 1.165) is 37.5 Å². The van der Waals surface area contributed by atoms with Crippen molar-refractivity contribution < 1.29 is 14.6 Å². The number of ether oxygens (including phenoxy) is 1. The number of allylic oxidation sites excluding steroid dienone is 1. The summed E-state index contributed by atoms with van der Waals surface area (Å²) in [6, 6.07) is 0. The largest absolute Gasteiger partial charge is 0.505 e. The average molecular weight is 375 g/mol. The molecule has 4 rings (SSSR count). The van der Waals surface area contributed by atoms with Gasteiger partial charge in [0.25, 0.3) is 0 Å². The standard InChI is InChI=1S/C24H38O3/c1-16(25)20-7-8-22-19-6-5-17-15-18(26)9-12-23(17,2)21(19)10-13-24(20,22)11-4-14-27-3/h4,14,17-22,26H,5-13,15H2,1-3H3/t17-,18+,19?,20?,21?,22?,23?,24?/m0/s1. The molecule has 0 heterocycles. The van der Waals surface area contributed by atoms with Gasteiger partial charge in [-0.1, -0.05) is 6.92 Å². The predicted octanol–water partition coefficient (Wildman–Crippen LogP) is 5.13. The minimum absolute atomic E-state index is 0.0740. The lowest BCUT2D eigenvalue weighted by atomic mass is 9.44. The van der Waals surface area contributed by atoms with Crippen LogP contribution in [0.2, 0.25) is 0 Å². The Hall–Kier alpha value is -0.830. The molecule has 4 fully saturated rings. The normalized spacial score (nSPS) is 49.3. The number of aliphatic hydroxyl groups excluding tert-OH is 1. The molecule has 152 valence electrons. The molecule has 4 aliphatic rings. The first kappa shape index (κ1) is 19.5. The minimum Gasteiger partial charge on any atom is -0.505 e. The molecule has 8 atom stereocenters. The van der Waals surface area contributed by atoms with Gasteiger partial charge in [0, 0.05) is 5.92 Å². The van der Waals surface area contributed by atoms with E-state index in [4.69, 9.17) is 4.74 Å². The fourth-order valence-electron chi connectivity index (χ4n) is 8.41. The first-order valence-electron chi connectivity index (χ1n) is 11.3. The molecular formula is C24H38O3. The van der Waals surface area contributed by atoms with E-state index in [9.17, 15) is 9.90 Å². The van der Waals surface area contributed by atoms with Crippen LogP contribution in [0.1, 0.15) is 78.1 Å². The zero-order valence-corrected chi connectivity index (χ0v) is 17.5. The van der Waals surface area contributed by atoms with E-state index in [0.29, 0.717) is 23.0 Å². The maximum atomic E-state index is 12.5. The van der Waals surface area contributed by atoms with Gasteiger partial charge in [0.1, 0.15) is 5.78 Å². The number of carbonyl (C=O) groups is 1. The van der Waals surface area contributed by atoms with E-state index in [1.54, 1.807) is 7.11 Å². The summed E-state index contributed by atoms with van der Waals surface area (Å²) in [6.07, 6.45) is 15.5. The first-order valence-corrected chi connectivity index (χ1v) is 11.3. The summed E-state index contributed by atoms with van der Waals surface area (Å²) in [5.41, 5.74) is 0.574. The topological polar surface area (TPSA) is 46.5 Å². The molecule has 3 nitrogen and oxygen atoms in total. The number of hydrogen-bond donors (Lipinski definition) is 1. The first-order chi connectivity index (χ1) is 12.9. The maximum Gasteiger partial charge on any atom is 0.133 e. The van der Waals surface area contributed by atoms with Gasteiger partial charge < -0.3 is 9.84 Å². The van der Waals surface area contributed by atoms with Crippen LogP contribution in [0.15, 0.2) is 12.3 Å². The van der Waals surface area contributed by atoms with Crippen molar-refractivity contribution in [3.63, 3.8) is 0 Å². The van der Waals surface area contributed by atoms with E-state index in [-0.39, 0.29) is 17.4 Å². The lowest BCUT2D eigenvalue weighted by molar-refractivity contribution is -0.140. The number of ketones is 1. The molecule has 0 aromatic carbocycles. The lowest BCUT2D eigenvalue weighted by Gasteiger charge is -2.61. The highest BCUT2D eigenvalue weighted by Crippen LogP contribution is 2.68. The van der Waals surface area contributed by atoms with Crippen LogP contribution in [-0.2, 0) is 9.53 Å². The van der Waals surface area contributed by atoms with Crippen molar-refractivity contribution in [2.24, 2.45) is 40.4 Å². The second-order valence-electron chi connectivity index (χ2n) is 10.4. The molecule has 4 aliphatic carbocycles. The quantitative estimate of drug-likeness (QED) is 0.694. The summed E-state index contributed by atoms with van der Waals surface area (Å²) in [6.45, 7) is 4.36. The summed E-state index contributed by atoms with van der Waals surface area (Å²) in [7, 11) is 1.71. The third-order valence-electron chi connectivity index (χ3n) is 9.58. The average Bonchev–Trinajstić information content (AvgIpc) is 3.02. The molecule has 27 heavy (non-hydrogen) atoms. The number of methoxy groups -OCH3 is 1. The van der Waals surface area contributed by atoms with Crippen molar-refractivity contribution in [2.75, 3.05) is 7.11 Å². The molecule has 1 N–H and O–H groups in total. The third-order valence-corrected chi connectivity index (χ3v) is 9.58. The number of Topliss-reactive ketones (excluding diaryl/α,β-unsaturated/α-hetero) is 1. The van der Waals surface area contributed by atoms with E-state index in [1.807, 2.05) is 13.2 Å². The Morgan fingerprint density at radius 2 is 1.93 bits per heavy atom. The molecule has 0 radical (unpaired) electrons. The lowest BCUT2D eigenvalue weighted by Crippen LogP contribution is -2.54. The summed E-state index contributed by atoms with van der Waals surface area (Å²) >= 11 is 0. The molecule has 0 aromatic heterocycles. The van der Waals surface area contributed by atoms with Crippen LogP contribution in [0, 0.1) is 40.4 Å². The van der Waals surface area contributed by atoms with E-state index < -0.39 is 0 Å². The second-order valence-corrected chi connectivity index (χ2v) is 10.4. The van der Waals surface area contributed by atoms with Crippen molar-refractivity contribution in [2.45, 2.75) is 84.2 Å². The Labute approximate surface area is 164 Å². The Kier molecular flexibility index (Phi) is 5.20. The molecule has 0 bridgehead atoms. The van der Waals surface area contributed by atoms with Gasteiger partial charge >= 0.3 is 0 Å². The third kappa shape index (κ3) is 2.99. The molecule has 0 spiro atoms. The molecule has 4 saturated carbocycles. The van der Waals surface area contributed by atoms with Crippen molar-refractivity contribution in [1.29, 1.82) is 0 Å². The highest BCUT2D eigenvalue weighted by molar-refractivity contribution is 5.79. The van der Waals surface area contributed by atoms with Crippen LogP contribution in [0.5, 0.6) is 0 Å². The van der Waals surface area contributed by atoms with Crippen LogP contribution in [0.4, 0.5) is 0 Å². The predicted molar refractivity (Wildman–Crippen MR) is 107 cm³/mol. The van der Waals surface area contributed by atoms with Crippen molar-refractivity contribution in [1.82, 2.24) is 0 Å². The SMILES string of the molecule is COC=CCC12CCC3C(CC[C@H]4C[C@H](O)CCC34C)C1CCC2C(C)=O. The van der Waals surface area contributed by atoms with Gasteiger partial charge in [0.15, 0.2) is 0 Å². The molecule has 0 saturated heterocycles. The molecular weight excluding hydrogens is 336 g/mol. The summed E-state index contributed by atoms with van der Waals surface area (Å²) < 4.78 is 5.19. The van der Waals surface area contributed by atoms with Gasteiger partial charge in [0.05, 0.1) is 19.5 Å². The van der Waals surface area contributed by atoms with Gasteiger partial charge in [-0.05, 0) is 112 Å². The fraction of sp³-hybridized carbons (Fsp3) is 0.875. The van der Waals surface area contributed by atoms with Crippen molar-refractivity contribution >= 4 is 5.78 Å².